The Balaban J connectivity index is 1.82. The molecule has 0 unspecified atom stereocenters. The molecule has 1 fully saturated rings. The van der Waals surface area contributed by atoms with E-state index in [9.17, 15) is 4.79 Å². The minimum Gasteiger partial charge on any atom is -0.352 e. The first-order valence-electron chi connectivity index (χ1n) is 6.91. The average molecular weight is 321 g/mol. The second-order valence-corrected chi connectivity index (χ2v) is 6.70. The van der Waals surface area contributed by atoms with E-state index in [4.69, 9.17) is 11.6 Å². The van der Waals surface area contributed by atoms with Crippen LogP contribution in [0.2, 0.25) is 0 Å². The molecule has 2 aromatic rings. The van der Waals surface area contributed by atoms with Crippen LogP contribution >= 0.6 is 23.4 Å². The van der Waals surface area contributed by atoms with Crippen molar-refractivity contribution in [3.63, 3.8) is 0 Å². The highest BCUT2D eigenvalue weighted by Gasteiger charge is 2.35. The van der Waals surface area contributed by atoms with Crippen LogP contribution in [0.15, 0.2) is 48.7 Å². The number of benzene rings is 1. The summed E-state index contributed by atoms with van der Waals surface area (Å²) in [7, 11) is 2.01. The van der Waals surface area contributed by atoms with E-state index in [-0.39, 0.29) is 11.3 Å². The van der Waals surface area contributed by atoms with Crippen molar-refractivity contribution in [3.05, 3.63) is 59.9 Å². The topological polar surface area (TPSA) is 25.2 Å². The van der Waals surface area contributed by atoms with E-state index >= 15 is 0 Å². The number of halogens is 1. The molecule has 0 aliphatic carbocycles. The molecule has 0 saturated carbocycles. The third kappa shape index (κ3) is 2.83. The maximum absolute atomic E-state index is 12.7. The average Bonchev–Trinajstić information content (AvgIpc) is 3.14. The SMILES string of the molecule is Cn1cccc1[C@H]1SCCN1C(=O)[C@H](Cl)c1ccccc1. The van der Waals surface area contributed by atoms with Gasteiger partial charge >= 0.3 is 0 Å². The van der Waals surface area contributed by atoms with E-state index in [1.165, 1.54) is 0 Å². The summed E-state index contributed by atoms with van der Waals surface area (Å²) in [6.45, 7) is 0.745. The first-order chi connectivity index (χ1) is 10.2. The number of aromatic nitrogens is 1. The largest absolute Gasteiger partial charge is 0.352 e. The lowest BCUT2D eigenvalue weighted by Crippen LogP contribution is -2.33. The smallest absolute Gasteiger partial charge is 0.246 e. The van der Waals surface area contributed by atoms with E-state index < -0.39 is 5.38 Å². The van der Waals surface area contributed by atoms with Crippen molar-refractivity contribution < 1.29 is 4.79 Å². The third-order valence-electron chi connectivity index (χ3n) is 3.72. The molecule has 0 radical (unpaired) electrons. The lowest BCUT2D eigenvalue weighted by molar-refractivity contribution is -0.131. The summed E-state index contributed by atoms with van der Waals surface area (Å²) in [5.74, 6) is 0.930. The fourth-order valence-corrected chi connectivity index (χ4v) is 4.18. The van der Waals surface area contributed by atoms with Gasteiger partial charge in [-0.25, -0.2) is 0 Å². The molecule has 1 aliphatic rings. The second kappa shape index (κ2) is 6.16. The Morgan fingerprint density at radius 3 is 2.71 bits per heavy atom. The van der Waals surface area contributed by atoms with Crippen LogP contribution in [0.4, 0.5) is 0 Å². The molecule has 0 spiro atoms. The van der Waals surface area contributed by atoms with Crippen molar-refractivity contribution in [2.45, 2.75) is 10.8 Å². The number of nitrogens with zero attached hydrogens (tertiary/aromatic N) is 2. The summed E-state index contributed by atoms with van der Waals surface area (Å²) in [4.78, 5) is 14.6. The monoisotopic (exact) mass is 320 g/mol. The predicted molar refractivity (Wildman–Crippen MR) is 87.4 cm³/mol. The molecular weight excluding hydrogens is 304 g/mol. The fourth-order valence-electron chi connectivity index (χ4n) is 2.58. The van der Waals surface area contributed by atoms with E-state index in [1.54, 1.807) is 11.8 Å². The van der Waals surface area contributed by atoms with Crippen LogP contribution in [0.3, 0.4) is 0 Å². The molecule has 1 amide bonds. The number of carbonyl (C=O) groups excluding carboxylic acids is 1. The highest BCUT2D eigenvalue weighted by Crippen LogP contribution is 2.40. The van der Waals surface area contributed by atoms with Crippen LogP contribution in [0.5, 0.6) is 0 Å². The summed E-state index contributed by atoms with van der Waals surface area (Å²) in [5.41, 5.74) is 1.99. The molecule has 110 valence electrons. The molecule has 1 aliphatic heterocycles. The summed E-state index contributed by atoms with van der Waals surface area (Å²) in [6, 6.07) is 13.6. The number of hydrogen-bond acceptors (Lipinski definition) is 2. The van der Waals surface area contributed by atoms with E-state index in [0.717, 1.165) is 23.6 Å². The van der Waals surface area contributed by atoms with Crippen LogP contribution in [0.25, 0.3) is 0 Å². The number of hydrogen-bond donors (Lipinski definition) is 0. The lowest BCUT2D eigenvalue weighted by atomic mass is 10.1. The first-order valence-corrected chi connectivity index (χ1v) is 8.39. The van der Waals surface area contributed by atoms with Crippen molar-refractivity contribution in [1.82, 2.24) is 9.47 Å². The van der Waals surface area contributed by atoms with E-state index in [1.807, 2.05) is 54.5 Å². The molecule has 0 bridgehead atoms. The number of rotatable bonds is 3. The Kier molecular flexibility index (Phi) is 4.27. The van der Waals surface area contributed by atoms with Crippen molar-refractivity contribution in [2.75, 3.05) is 12.3 Å². The predicted octanol–water partition coefficient (Wildman–Crippen LogP) is 3.58. The number of amides is 1. The summed E-state index contributed by atoms with van der Waals surface area (Å²) < 4.78 is 2.06. The van der Waals surface area contributed by atoms with Crippen LogP contribution in [0, 0.1) is 0 Å². The molecule has 5 heteroatoms. The Morgan fingerprint density at radius 2 is 2.05 bits per heavy atom. The maximum atomic E-state index is 12.7. The van der Waals surface area contributed by atoms with Gasteiger partial charge in [-0.05, 0) is 17.7 Å². The molecule has 3 nitrogen and oxygen atoms in total. The quantitative estimate of drug-likeness (QED) is 0.808. The van der Waals surface area contributed by atoms with Gasteiger partial charge in [0.1, 0.15) is 10.8 Å². The number of alkyl halides is 1. The molecule has 1 aromatic heterocycles. The van der Waals surface area contributed by atoms with Crippen LogP contribution in [-0.2, 0) is 11.8 Å². The van der Waals surface area contributed by atoms with Gasteiger partial charge in [0.15, 0.2) is 0 Å². The summed E-state index contributed by atoms with van der Waals surface area (Å²) in [5, 5.41) is -0.560. The van der Waals surface area contributed by atoms with Gasteiger partial charge in [0.05, 0.1) is 5.69 Å². The Labute approximate surface area is 133 Å². The number of thioether (sulfide) groups is 1. The van der Waals surface area contributed by atoms with Crippen LogP contribution < -0.4 is 0 Å². The first kappa shape index (κ1) is 14.5. The van der Waals surface area contributed by atoms with Crippen molar-refractivity contribution in [3.8, 4) is 0 Å². The molecule has 21 heavy (non-hydrogen) atoms. The van der Waals surface area contributed by atoms with Crippen molar-refractivity contribution >= 4 is 29.3 Å². The van der Waals surface area contributed by atoms with Gasteiger partial charge in [-0.2, -0.15) is 0 Å². The third-order valence-corrected chi connectivity index (χ3v) is 5.39. The molecular formula is C16H17ClN2OS. The molecule has 1 saturated heterocycles. The Hall–Kier alpha value is -1.39. The molecule has 2 heterocycles. The highest BCUT2D eigenvalue weighted by molar-refractivity contribution is 7.99. The fraction of sp³-hybridized carbons (Fsp3) is 0.312. The molecule has 2 atom stereocenters. The van der Waals surface area contributed by atoms with Gasteiger partial charge in [-0.3, -0.25) is 4.79 Å². The van der Waals surface area contributed by atoms with Crippen molar-refractivity contribution in [1.29, 1.82) is 0 Å². The van der Waals surface area contributed by atoms with Crippen molar-refractivity contribution in [2.24, 2.45) is 7.05 Å². The lowest BCUT2D eigenvalue weighted by Gasteiger charge is -2.26. The zero-order chi connectivity index (χ0) is 14.8. The van der Waals surface area contributed by atoms with Gasteiger partial charge in [0, 0.05) is 25.5 Å². The standard InChI is InChI=1S/C16H17ClN2OS/c1-18-9-5-8-13(18)16-19(10-11-21-16)15(20)14(17)12-6-3-2-4-7-12/h2-9,14,16H,10-11H2,1H3/t14-,16-/m1/s1. The highest BCUT2D eigenvalue weighted by atomic mass is 35.5. The van der Waals surface area contributed by atoms with Gasteiger partial charge < -0.3 is 9.47 Å². The zero-order valence-corrected chi connectivity index (χ0v) is 13.3. The van der Waals surface area contributed by atoms with E-state index in [2.05, 4.69) is 10.6 Å². The minimum atomic E-state index is -0.618. The van der Waals surface area contributed by atoms with Gasteiger partial charge in [0.2, 0.25) is 5.91 Å². The van der Waals surface area contributed by atoms with Crippen LogP contribution in [0.1, 0.15) is 22.0 Å². The molecule has 3 rings (SSSR count). The summed E-state index contributed by atoms with van der Waals surface area (Å²) >= 11 is 8.18. The Morgan fingerprint density at radius 1 is 1.29 bits per heavy atom. The summed E-state index contributed by atoms with van der Waals surface area (Å²) in [6.07, 6.45) is 2.01. The normalized spacial score (nSPS) is 19.7. The molecule has 0 N–H and O–H groups in total. The van der Waals surface area contributed by atoms with E-state index in [0.29, 0.717) is 0 Å². The number of aryl methyl sites for hydroxylation is 1. The van der Waals surface area contributed by atoms with Gasteiger partial charge in [-0.15, -0.1) is 23.4 Å². The van der Waals surface area contributed by atoms with Gasteiger partial charge in [0.25, 0.3) is 0 Å². The van der Waals surface area contributed by atoms with Crippen LogP contribution in [-0.4, -0.2) is 27.7 Å². The zero-order valence-electron chi connectivity index (χ0n) is 11.8. The molecule has 1 aromatic carbocycles. The number of carbonyl (C=O) groups is 1. The second-order valence-electron chi connectivity index (χ2n) is 5.07. The minimum absolute atomic E-state index is 0.0148. The maximum Gasteiger partial charge on any atom is 0.246 e. The Bertz CT molecular complexity index is 628. The van der Waals surface area contributed by atoms with Gasteiger partial charge in [-0.1, -0.05) is 30.3 Å².